The van der Waals surface area contributed by atoms with Crippen LogP contribution >= 0.6 is 0 Å². The van der Waals surface area contributed by atoms with Crippen LogP contribution in [0.3, 0.4) is 0 Å². The van der Waals surface area contributed by atoms with E-state index in [4.69, 9.17) is 14.0 Å². The Kier molecular flexibility index (Phi) is 5.47. The van der Waals surface area contributed by atoms with Crippen LogP contribution in [0, 0.1) is 0 Å². The molecule has 1 aromatic carbocycles. The average Bonchev–Trinajstić information content (AvgIpc) is 3.15. The van der Waals surface area contributed by atoms with Crippen molar-refractivity contribution >= 4 is 11.9 Å². The molecule has 0 bridgehead atoms. The normalized spacial score (nSPS) is 17.1. The second-order valence-corrected chi connectivity index (χ2v) is 5.76. The predicted octanol–water partition coefficient (Wildman–Crippen LogP) is 0.990. The number of nitrogens with zero attached hydrogens (tertiary/aromatic N) is 3. The number of aromatic nitrogens is 2. The number of carbonyl (C=O) groups is 2. The first kappa shape index (κ1) is 17.9. The predicted molar refractivity (Wildman–Crippen MR) is 88.6 cm³/mol. The molecule has 9 nitrogen and oxygen atoms in total. The van der Waals surface area contributed by atoms with Crippen LogP contribution in [0.2, 0.25) is 0 Å². The average molecular weight is 361 g/mol. The third kappa shape index (κ3) is 3.99. The van der Waals surface area contributed by atoms with Crippen molar-refractivity contribution in [2.45, 2.75) is 18.9 Å². The number of carbonyl (C=O) groups excluding carboxylic acids is 1. The van der Waals surface area contributed by atoms with Gasteiger partial charge in [0.15, 0.2) is 6.04 Å². The van der Waals surface area contributed by atoms with Gasteiger partial charge in [-0.2, -0.15) is 4.98 Å². The van der Waals surface area contributed by atoms with E-state index in [9.17, 15) is 14.7 Å². The maximum atomic E-state index is 12.3. The monoisotopic (exact) mass is 361 g/mol. The number of aryl methyl sites for hydroxylation is 1. The summed E-state index contributed by atoms with van der Waals surface area (Å²) < 4.78 is 15.4. The summed E-state index contributed by atoms with van der Waals surface area (Å²) in [5.74, 6) is 0.123. The third-order valence-electron chi connectivity index (χ3n) is 4.10. The summed E-state index contributed by atoms with van der Waals surface area (Å²) in [5, 5.41) is 13.1. The molecular formula is C17H19N3O6. The smallest absolute Gasteiger partial charge is 0.328 e. The number of benzene rings is 1. The zero-order valence-corrected chi connectivity index (χ0v) is 14.3. The van der Waals surface area contributed by atoms with E-state index < -0.39 is 12.0 Å². The molecular weight excluding hydrogens is 342 g/mol. The second-order valence-electron chi connectivity index (χ2n) is 5.76. The molecule has 1 atom stereocenters. The van der Waals surface area contributed by atoms with Crippen LogP contribution in [-0.2, 0) is 20.7 Å². The zero-order valence-electron chi connectivity index (χ0n) is 14.3. The lowest BCUT2D eigenvalue weighted by atomic mass is 10.2. The van der Waals surface area contributed by atoms with Gasteiger partial charge >= 0.3 is 5.97 Å². The van der Waals surface area contributed by atoms with Gasteiger partial charge in [0.25, 0.3) is 0 Å². The number of aliphatic carboxylic acids is 1. The van der Waals surface area contributed by atoms with Crippen LogP contribution < -0.4 is 4.74 Å². The molecule has 0 radical (unpaired) electrons. The van der Waals surface area contributed by atoms with Crippen LogP contribution in [0.4, 0.5) is 0 Å². The Labute approximate surface area is 149 Å². The minimum absolute atomic E-state index is 0.00322. The van der Waals surface area contributed by atoms with Gasteiger partial charge in [-0.25, -0.2) is 4.79 Å². The lowest BCUT2D eigenvalue weighted by Crippen LogP contribution is -2.52. The summed E-state index contributed by atoms with van der Waals surface area (Å²) in [7, 11) is 1.59. The van der Waals surface area contributed by atoms with Crippen molar-refractivity contribution in [1.82, 2.24) is 15.0 Å². The molecule has 1 fully saturated rings. The molecule has 0 aliphatic carbocycles. The SMILES string of the molecule is COc1ccc(-c2noc(CCC(=O)N3CCOC[C@H]3C(=O)O)n2)cc1. The first-order chi connectivity index (χ1) is 12.6. The largest absolute Gasteiger partial charge is 0.497 e. The van der Waals surface area contributed by atoms with E-state index in [2.05, 4.69) is 10.1 Å². The minimum Gasteiger partial charge on any atom is -0.497 e. The summed E-state index contributed by atoms with van der Waals surface area (Å²) in [6.07, 6.45) is 0.333. The molecule has 1 aromatic heterocycles. The van der Waals surface area contributed by atoms with E-state index in [0.29, 0.717) is 18.3 Å². The Balaban J connectivity index is 1.60. The first-order valence-corrected chi connectivity index (χ1v) is 8.15. The summed E-state index contributed by atoms with van der Waals surface area (Å²) in [4.78, 5) is 29.2. The van der Waals surface area contributed by atoms with Crippen molar-refractivity contribution in [2.24, 2.45) is 0 Å². The topological polar surface area (TPSA) is 115 Å². The van der Waals surface area contributed by atoms with Crippen molar-refractivity contribution in [3.63, 3.8) is 0 Å². The Morgan fingerprint density at radius 1 is 1.35 bits per heavy atom. The van der Waals surface area contributed by atoms with E-state index in [1.165, 1.54) is 4.90 Å². The van der Waals surface area contributed by atoms with Crippen molar-refractivity contribution in [3.8, 4) is 17.1 Å². The molecule has 0 saturated carbocycles. The molecule has 0 spiro atoms. The Bertz CT molecular complexity index is 773. The Morgan fingerprint density at radius 3 is 2.81 bits per heavy atom. The van der Waals surface area contributed by atoms with E-state index in [1.807, 2.05) is 12.1 Å². The standard InChI is InChI=1S/C17H19N3O6/c1-24-12-4-2-11(3-5-12)16-18-14(26-19-16)6-7-15(21)20-8-9-25-10-13(20)17(22)23/h2-5,13H,6-10H2,1H3,(H,22,23)/t13-/m0/s1. The summed E-state index contributed by atoms with van der Waals surface area (Å²) in [6.45, 7) is 0.595. The first-order valence-electron chi connectivity index (χ1n) is 8.15. The van der Waals surface area contributed by atoms with Crippen molar-refractivity contribution in [3.05, 3.63) is 30.2 Å². The molecule has 3 rings (SSSR count). The van der Waals surface area contributed by atoms with Gasteiger partial charge in [0.2, 0.25) is 17.6 Å². The molecule has 26 heavy (non-hydrogen) atoms. The quantitative estimate of drug-likeness (QED) is 0.810. The molecule has 1 amide bonds. The fraction of sp³-hybridized carbons (Fsp3) is 0.412. The van der Waals surface area contributed by atoms with Crippen molar-refractivity contribution in [2.75, 3.05) is 26.9 Å². The molecule has 9 heteroatoms. The maximum Gasteiger partial charge on any atom is 0.328 e. The van der Waals surface area contributed by atoms with Gasteiger partial charge in [0.05, 0.1) is 20.3 Å². The molecule has 1 aliphatic rings. The molecule has 2 aromatic rings. The van der Waals surface area contributed by atoms with Gasteiger partial charge < -0.3 is 24.0 Å². The van der Waals surface area contributed by atoms with E-state index in [0.717, 1.165) is 11.3 Å². The van der Waals surface area contributed by atoms with Crippen LogP contribution in [0.15, 0.2) is 28.8 Å². The Morgan fingerprint density at radius 2 is 2.12 bits per heavy atom. The highest BCUT2D eigenvalue weighted by atomic mass is 16.5. The molecule has 2 heterocycles. The van der Waals surface area contributed by atoms with Gasteiger partial charge in [-0.05, 0) is 24.3 Å². The molecule has 1 saturated heterocycles. The van der Waals surface area contributed by atoms with Gasteiger partial charge in [0.1, 0.15) is 5.75 Å². The number of morpholine rings is 1. The molecule has 1 aliphatic heterocycles. The zero-order chi connectivity index (χ0) is 18.5. The number of ether oxygens (including phenoxy) is 2. The fourth-order valence-electron chi connectivity index (χ4n) is 2.68. The molecule has 0 unspecified atom stereocenters. The lowest BCUT2D eigenvalue weighted by molar-refractivity contribution is -0.158. The summed E-state index contributed by atoms with van der Waals surface area (Å²) in [5.41, 5.74) is 0.770. The second kappa shape index (κ2) is 7.96. The van der Waals surface area contributed by atoms with Crippen LogP contribution in [-0.4, -0.2) is 64.9 Å². The van der Waals surface area contributed by atoms with Crippen molar-refractivity contribution in [1.29, 1.82) is 0 Å². The van der Waals surface area contributed by atoms with Crippen LogP contribution in [0.25, 0.3) is 11.4 Å². The maximum absolute atomic E-state index is 12.3. The number of carboxylic acid groups (broad SMARTS) is 1. The Hall–Kier alpha value is -2.94. The number of rotatable bonds is 6. The van der Waals surface area contributed by atoms with Gasteiger partial charge in [-0.3, -0.25) is 4.79 Å². The van der Waals surface area contributed by atoms with E-state index >= 15 is 0 Å². The number of amides is 1. The van der Waals surface area contributed by atoms with Crippen molar-refractivity contribution < 1.29 is 28.7 Å². The summed E-state index contributed by atoms with van der Waals surface area (Å²) >= 11 is 0. The van der Waals surface area contributed by atoms with Crippen LogP contribution in [0.5, 0.6) is 5.75 Å². The van der Waals surface area contributed by atoms with Gasteiger partial charge in [-0.15, -0.1) is 0 Å². The summed E-state index contributed by atoms with van der Waals surface area (Å²) in [6, 6.07) is 6.25. The van der Waals surface area contributed by atoms with Gasteiger partial charge in [-0.1, -0.05) is 5.16 Å². The lowest BCUT2D eigenvalue weighted by Gasteiger charge is -2.32. The fourth-order valence-corrected chi connectivity index (χ4v) is 2.68. The molecule has 138 valence electrons. The number of carboxylic acids is 1. The highest BCUT2D eigenvalue weighted by Crippen LogP contribution is 2.20. The number of hydrogen-bond donors (Lipinski definition) is 1. The molecule has 1 N–H and O–H groups in total. The van der Waals surface area contributed by atoms with E-state index in [1.54, 1.807) is 19.2 Å². The number of hydrogen-bond acceptors (Lipinski definition) is 7. The minimum atomic E-state index is -1.07. The number of methoxy groups -OCH3 is 1. The van der Waals surface area contributed by atoms with E-state index in [-0.39, 0.29) is 31.9 Å². The highest BCUT2D eigenvalue weighted by Gasteiger charge is 2.32. The van der Waals surface area contributed by atoms with Crippen LogP contribution in [0.1, 0.15) is 12.3 Å². The highest BCUT2D eigenvalue weighted by molar-refractivity contribution is 5.84. The third-order valence-corrected chi connectivity index (χ3v) is 4.10. The van der Waals surface area contributed by atoms with Gasteiger partial charge in [0, 0.05) is 24.9 Å².